The fraction of sp³-hybridized carbons (Fsp3) is 0.600. The lowest BCUT2D eigenvalue weighted by Gasteiger charge is -2.12. The van der Waals surface area contributed by atoms with E-state index in [1.165, 1.54) is 0 Å². The lowest BCUT2D eigenvalue weighted by molar-refractivity contribution is 0.581. The fourth-order valence-corrected chi connectivity index (χ4v) is 1.77. The highest BCUT2D eigenvalue weighted by atomic mass is 32.2. The van der Waals surface area contributed by atoms with Gasteiger partial charge in [0.25, 0.3) is 0 Å². The molecule has 0 spiro atoms. The van der Waals surface area contributed by atoms with Gasteiger partial charge in [-0.3, -0.25) is 0 Å². The van der Waals surface area contributed by atoms with E-state index in [4.69, 9.17) is 0 Å². The van der Waals surface area contributed by atoms with Gasteiger partial charge in [0.05, 0.1) is 18.0 Å². The lowest BCUT2D eigenvalue weighted by atomic mass is 10.3. The van der Waals surface area contributed by atoms with Crippen LogP contribution < -0.4 is 9.62 Å². The maximum atomic E-state index is 11.3. The maximum Gasteiger partial charge on any atom is 0.225 e. The van der Waals surface area contributed by atoms with E-state index in [9.17, 15) is 8.42 Å². The molecule has 1 N–H and O–H groups in total. The summed E-state index contributed by atoms with van der Waals surface area (Å²) in [5.74, 6) is 0.646. The van der Waals surface area contributed by atoms with Crippen LogP contribution in [0.15, 0.2) is 6.07 Å². The van der Waals surface area contributed by atoms with Crippen LogP contribution in [0, 0.1) is 6.92 Å². The summed E-state index contributed by atoms with van der Waals surface area (Å²) in [6, 6.07) is 1.77. The van der Waals surface area contributed by atoms with E-state index in [2.05, 4.69) is 14.7 Å². The molecule has 0 amide bonds. The Morgan fingerprint density at radius 3 is 2.53 bits per heavy atom. The van der Waals surface area contributed by atoms with Gasteiger partial charge >= 0.3 is 0 Å². The van der Waals surface area contributed by atoms with Crippen LogP contribution >= 0.6 is 0 Å². The Morgan fingerprint density at radius 2 is 2.00 bits per heavy atom. The van der Waals surface area contributed by atoms with Gasteiger partial charge in [-0.2, -0.15) is 0 Å². The van der Waals surface area contributed by atoms with Crippen molar-refractivity contribution in [2.24, 2.45) is 0 Å². The second-order valence-electron chi connectivity index (χ2n) is 3.92. The Bertz CT molecular complexity index is 485. The Kier molecular flexibility index (Phi) is 4.41. The molecule has 0 fully saturated rings. The minimum Gasteiger partial charge on any atom is -0.347 e. The second-order valence-corrected chi connectivity index (χ2v) is 6.02. The topological polar surface area (TPSA) is 75.2 Å². The van der Waals surface area contributed by atoms with Crippen LogP contribution in [0.2, 0.25) is 0 Å². The van der Waals surface area contributed by atoms with Crippen molar-refractivity contribution in [3.8, 4) is 0 Å². The third-order valence-corrected chi connectivity index (χ3v) is 3.49. The summed E-state index contributed by atoms with van der Waals surface area (Å²) in [5.41, 5.74) is 1.48. The zero-order chi connectivity index (χ0) is 13.1. The molecule has 0 bridgehead atoms. The Labute approximate surface area is 102 Å². The van der Waals surface area contributed by atoms with E-state index >= 15 is 0 Å². The summed E-state index contributed by atoms with van der Waals surface area (Å²) < 4.78 is 25.1. The molecule has 0 unspecified atom stereocenters. The number of sulfonamides is 1. The van der Waals surface area contributed by atoms with Crippen LogP contribution in [0.25, 0.3) is 0 Å². The van der Waals surface area contributed by atoms with Crippen molar-refractivity contribution in [2.45, 2.75) is 20.4 Å². The van der Waals surface area contributed by atoms with Crippen molar-refractivity contribution in [1.29, 1.82) is 0 Å². The molecule has 96 valence electrons. The summed E-state index contributed by atoms with van der Waals surface area (Å²) in [5, 5.41) is 0. The van der Waals surface area contributed by atoms with Crippen molar-refractivity contribution in [3.63, 3.8) is 0 Å². The van der Waals surface area contributed by atoms with Gasteiger partial charge in [0, 0.05) is 19.8 Å². The monoisotopic (exact) mass is 258 g/mol. The summed E-state index contributed by atoms with van der Waals surface area (Å²) in [4.78, 5) is 10.3. The Morgan fingerprint density at radius 1 is 1.35 bits per heavy atom. The van der Waals surface area contributed by atoms with Gasteiger partial charge in [0.15, 0.2) is 0 Å². The van der Waals surface area contributed by atoms with Gasteiger partial charge in [0.1, 0.15) is 0 Å². The lowest BCUT2D eigenvalue weighted by Crippen LogP contribution is -2.25. The number of hydrogen-bond acceptors (Lipinski definition) is 5. The first-order valence-corrected chi connectivity index (χ1v) is 6.98. The van der Waals surface area contributed by atoms with Crippen molar-refractivity contribution < 1.29 is 8.42 Å². The molecule has 0 aliphatic rings. The molecule has 0 saturated heterocycles. The highest BCUT2D eigenvalue weighted by molar-refractivity contribution is 7.89. The number of hydrogen-bond donors (Lipinski definition) is 1. The van der Waals surface area contributed by atoms with Crippen LogP contribution in [-0.2, 0) is 16.6 Å². The van der Waals surface area contributed by atoms with E-state index in [0.717, 1.165) is 5.69 Å². The molecule has 1 aromatic heterocycles. The molecule has 1 rings (SSSR count). The highest BCUT2D eigenvalue weighted by Gasteiger charge is 2.08. The number of aromatic nitrogens is 2. The molecular weight excluding hydrogens is 240 g/mol. The summed E-state index contributed by atoms with van der Waals surface area (Å²) in [7, 11) is 0.496. The van der Waals surface area contributed by atoms with Crippen molar-refractivity contribution in [2.75, 3.05) is 24.7 Å². The minimum atomic E-state index is -3.19. The molecule has 0 saturated carbocycles. The molecule has 17 heavy (non-hydrogen) atoms. The number of nitrogens with zero attached hydrogens (tertiary/aromatic N) is 3. The molecular formula is C10H18N4O2S. The molecule has 0 radical (unpaired) electrons. The quantitative estimate of drug-likeness (QED) is 0.821. The second kappa shape index (κ2) is 5.42. The van der Waals surface area contributed by atoms with Crippen LogP contribution in [0.4, 0.5) is 5.95 Å². The van der Waals surface area contributed by atoms with Crippen molar-refractivity contribution >= 4 is 16.0 Å². The van der Waals surface area contributed by atoms with Crippen LogP contribution in [0.1, 0.15) is 18.3 Å². The van der Waals surface area contributed by atoms with Crippen LogP contribution in [-0.4, -0.2) is 38.2 Å². The van der Waals surface area contributed by atoms with Crippen molar-refractivity contribution in [1.82, 2.24) is 14.7 Å². The fourth-order valence-electron chi connectivity index (χ4n) is 1.19. The van der Waals surface area contributed by atoms with Gasteiger partial charge < -0.3 is 4.90 Å². The molecule has 0 aliphatic heterocycles. The number of rotatable bonds is 5. The predicted octanol–water partition coefficient (Wildman–Crippen LogP) is 0.290. The van der Waals surface area contributed by atoms with Gasteiger partial charge in [-0.05, 0) is 19.9 Å². The Balaban J connectivity index is 2.85. The summed E-state index contributed by atoms with van der Waals surface area (Å²) in [6.07, 6.45) is 0. The predicted molar refractivity (Wildman–Crippen MR) is 67.4 cm³/mol. The molecule has 7 heteroatoms. The summed E-state index contributed by atoms with van der Waals surface area (Å²) in [6.45, 7) is 3.64. The SMILES string of the molecule is CCS(=O)(=O)NCc1cc(C)nc(N(C)C)n1. The van der Waals surface area contributed by atoms with E-state index in [0.29, 0.717) is 11.6 Å². The number of anilines is 1. The zero-order valence-electron chi connectivity index (χ0n) is 10.6. The molecule has 1 aromatic rings. The van der Waals surface area contributed by atoms with E-state index in [1.54, 1.807) is 17.9 Å². The Hall–Kier alpha value is -1.21. The van der Waals surface area contributed by atoms with Gasteiger partial charge in [-0.1, -0.05) is 0 Å². The van der Waals surface area contributed by atoms with Gasteiger partial charge in [0.2, 0.25) is 16.0 Å². The smallest absolute Gasteiger partial charge is 0.225 e. The van der Waals surface area contributed by atoms with Crippen LogP contribution in [0.5, 0.6) is 0 Å². The molecule has 6 nitrogen and oxygen atoms in total. The molecule has 0 aliphatic carbocycles. The van der Waals surface area contributed by atoms with E-state index < -0.39 is 10.0 Å². The maximum absolute atomic E-state index is 11.3. The number of aryl methyl sites for hydroxylation is 1. The molecule has 0 aromatic carbocycles. The number of nitrogens with one attached hydrogen (secondary N) is 1. The van der Waals surface area contributed by atoms with Crippen molar-refractivity contribution in [3.05, 3.63) is 17.5 Å². The van der Waals surface area contributed by atoms with Gasteiger partial charge in [-0.25, -0.2) is 23.1 Å². The van der Waals surface area contributed by atoms with E-state index in [-0.39, 0.29) is 12.3 Å². The third kappa shape index (κ3) is 4.27. The normalized spacial score (nSPS) is 11.5. The zero-order valence-corrected chi connectivity index (χ0v) is 11.4. The van der Waals surface area contributed by atoms with Crippen LogP contribution in [0.3, 0.4) is 0 Å². The summed E-state index contributed by atoms with van der Waals surface area (Å²) >= 11 is 0. The molecule has 1 heterocycles. The van der Waals surface area contributed by atoms with E-state index in [1.807, 2.05) is 21.0 Å². The average molecular weight is 258 g/mol. The largest absolute Gasteiger partial charge is 0.347 e. The minimum absolute atomic E-state index is 0.0671. The standard InChI is InChI=1S/C10H18N4O2S/c1-5-17(15,16)11-7-9-6-8(2)12-10(13-9)14(3)4/h6,11H,5,7H2,1-4H3. The molecule has 0 atom stereocenters. The third-order valence-electron chi connectivity index (χ3n) is 2.15. The average Bonchev–Trinajstić information content (AvgIpc) is 2.26. The first-order chi connectivity index (χ1) is 7.84. The first-order valence-electron chi connectivity index (χ1n) is 5.33. The highest BCUT2D eigenvalue weighted by Crippen LogP contribution is 2.07. The van der Waals surface area contributed by atoms with Gasteiger partial charge in [-0.15, -0.1) is 0 Å². The first kappa shape index (κ1) is 13.9.